The number of carbonyl (C=O) groups is 1. The first kappa shape index (κ1) is 12.9. The zero-order valence-electron chi connectivity index (χ0n) is 9.68. The average molecular weight is 266 g/mol. The zero-order chi connectivity index (χ0) is 13.0. The maximum absolute atomic E-state index is 11.6. The van der Waals surface area contributed by atoms with Gasteiger partial charge in [-0.1, -0.05) is 18.2 Å². The number of hydrogen-bond acceptors (Lipinski definition) is 5. The molecular formula is C12H14N2O3S. The first-order valence-electron chi connectivity index (χ1n) is 5.48. The van der Waals surface area contributed by atoms with Crippen LogP contribution in [0.25, 0.3) is 11.0 Å². The van der Waals surface area contributed by atoms with Crippen molar-refractivity contribution in [3.05, 3.63) is 35.6 Å². The fraction of sp³-hybridized carbons (Fsp3) is 0.250. The number of furan rings is 1. The summed E-state index contributed by atoms with van der Waals surface area (Å²) in [4.78, 5) is 11.6. The highest BCUT2D eigenvalue weighted by molar-refractivity contribution is 7.98. The van der Waals surface area contributed by atoms with Crippen molar-refractivity contribution in [3.63, 3.8) is 0 Å². The highest BCUT2D eigenvalue weighted by atomic mass is 32.2. The average Bonchev–Trinajstić information content (AvgIpc) is 2.77. The largest absolute Gasteiger partial charge is 0.451 e. The molecule has 0 spiro atoms. The van der Waals surface area contributed by atoms with Crippen molar-refractivity contribution >= 4 is 28.6 Å². The van der Waals surface area contributed by atoms with E-state index in [2.05, 4.69) is 5.43 Å². The van der Waals surface area contributed by atoms with E-state index < -0.39 is 5.91 Å². The van der Waals surface area contributed by atoms with Gasteiger partial charge in [0.2, 0.25) is 0 Å². The molecular weight excluding hydrogens is 252 g/mol. The van der Waals surface area contributed by atoms with Crippen LogP contribution in [0.4, 0.5) is 0 Å². The third-order valence-electron chi connectivity index (χ3n) is 2.52. The third-order valence-corrected chi connectivity index (χ3v) is 3.48. The fourth-order valence-corrected chi connectivity index (χ4v) is 2.49. The molecule has 96 valence electrons. The Hall–Kier alpha value is -1.50. The molecule has 0 radical (unpaired) electrons. The molecule has 5 nitrogen and oxygen atoms in total. The number of nitrogens with two attached hydrogens (primary N) is 1. The summed E-state index contributed by atoms with van der Waals surface area (Å²) in [5.41, 5.74) is 3.56. The highest BCUT2D eigenvalue weighted by Crippen LogP contribution is 2.29. The summed E-state index contributed by atoms with van der Waals surface area (Å²) in [5, 5.41) is 9.69. The first-order chi connectivity index (χ1) is 8.77. The predicted octanol–water partition coefficient (Wildman–Crippen LogP) is 1.26. The van der Waals surface area contributed by atoms with E-state index in [9.17, 15) is 4.79 Å². The molecule has 6 heteroatoms. The van der Waals surface area contributed by atoms with Crippen molar-refractivity contribution < 1.29 is 14.3 Å². The van der Waals surface area contributed by atoms with Crippen LogP contribution in [-0.4, -0.2) is 23.4 Å². The van der Waals surface area contributed by atoms with Crippen LogP contribution in [0.5, 0.6) is 0 Å². The molecule has 2 aromatic rings. The number of amides is 1. The summed E-state index contributed by atoms with van der Waals surface area (Å²) in [6.07, 6.45) is 0. The van der Waals surface area contributed by atoms with Gasteiger partial charge in [0.1, 0.15) is 5.58 Å². The molecule has 1 heterocycles. The van der Waals surface area contributed by atoms with Gasteiger partial charge in [-0.25, -0.2) is 5.84 Å². The van der Waals surface area contributed by atoms with Crippen LogP contribution < -0.4 is 11.3 Å². The van der Waals surface area contributed by atoms with E-state index >= 15 is 0 Å². The highest BCUT2D eigenvalue weighted by Gasteiger charge is 2.19. The first-order valence-corrected chi connectivity index (χ1v) is 6.63. The van der Waals surface area contributed by atoms with Crippen LogP contribution in [-0.2, 0) is 5.75 Å². The maximum atomic E-state index is 11.6. The standard InChI is InChI=1S/C12H14N2O3S/c13-14-12(16)11-9(7-18-6-5-15)8-3-1-2-4-10(8)17-11/h1-4,15H,5-7,13H2,(H,14,16). The second-order valence-corrected chi connectivity index (χ2v) is 4.76. The number of carbonyl (C=O) groups excluding carboxylic acids is 1. The summed E-state index contributed by atoms with van der Waals surface area (Å²) >= 11 is 1.54. The molecule has 2 rings (SSSR count). The Labute approximate surface area is 108 Å². The Morgan fingerprint density at radius 3 is 2.94 bits per heavy atom. The number of aliphatic hydroxyl groups excluding tert-OH is 1. The smallest absolute Gasteiger partial charge is 0.301 e. The monoisotopic (exact) mass is 266 g/mol. The predicted molar refractivity (Wildman–Crippen MR) is 71.1 cm³/mol. The molecule has 0 saturated carbocycles. The van der Waals surface area contributed by atoms with Crippen molar-refractivity contribution in [2.75, 3.05) is 12.4 Å². The van der Waals surface area contributed by atoms with Crippen LogP contribution in [0.2, 0.25) is 0 Å². The molecule has 0 atom stereocenters. The van der Waals surface area contributed by atoms with E-state index in [1.807, 2.05) is 24.3 Å². The molecule has 0 fully saturated rings. The molecule has 0 aliphatic heterocycles. The van der Waals surface area contributed by atoms with E-state index in [1.165, 1.54) is 11.8 Å². The second-order valence-electron chi connectivity index (χ2n) is 3.66. The molecule has 0 saturated heterocycles. The lowest BCUT2D eigenvalue weighted by Gasteiger charge is -2.01. The van der Waals surface area contributed by atoms with Crippen molar-refractivity contribution in [2.45, 2.75) is 5.75 Å². The van der Waals surface area contributed by atoms with E-state index in [1.54, 1.807) is 0 Å². The number of para-hydroxylation sites is 1. The molecule has 1 amide bonds. The van der Waals surface area contributed by atoms with Gasteiger partial charge in [-0.3, -0.25) is 10.2 Å². The van der Waals surface area contributed by atoms with Gasteiger partial charge in [0, 0.05) is 22.5 Å². The van der Waals surface area contributed by atoms with Crippen LogP contribution in [0.3, 0.4) is 0 Å². The Kier molecular flexibility index (Phi) is 4.24. The van der Waals surface area contributed by atoms with Crippen LogP contribution in [0.15, 0.2) is 28.7 Å². The normalized spacial score (nSPS) is 10.8. The Morgan fingerprint density at radius 2 is 2.22 bits per heavy atom. The number of benzene rings is 1. The van der Waals surface area contributed by atoms with Crippen LogP contribution in [0, 0.1) is 0 Å². The van der Waals surface area contributed by atoms with Crippen LogP contribution in [0.1, 0.15) is 16.1 Å². The van der Waals surface area contributed by atoms with Gasteiger partial charge in [-0.15, -0.1) is 0 Å². The van der Waals surface area contributed by atoms with Gasteiger partial charge in [0.05, 0.1) is 6.61 Å². The summed E-state index contributed by atoms with van der Waals surface area (Å²) in [7, 11) is 0. The number of fused-ring (bicyclic) bond motifs is 1. The number of hydrazine groups is 1. The van der Waals surface area contributed by atoms with Crippen molar-refractivity contribution in [3.8, 4) is 0 Å². The molecule has 0 bridgehead atoms. The lowest BCUT2D eigenvalue weighted by molar-refractivity contribution is 0.0927. The van der Waals surface area contributed by atoms with Gasteiger partial charge < -0.3 is 9.52 Å². The summed E-state index contributed by atoms with van der Waals surface area (Å²) < 4.78 is 5.51. The van der Waals surface area contributed by atoms with Gasteiger partial charge in [0.25, 0.3) is 0 Å². The van der Waals surface area contributed by atoms with Gasteiger partial charge >= 0.3 is 5.91 Å². The molecule has 0 aliphatic carbocycles. The Bertz CT molecular complexity index is 553. The van der Waals surface area contributed by atoms with Gasteiger partial charge in [-0.2, -0.15) is 11.8 Å². The molecule has 1 aromatic carbocycles. The van der Waals surface area contributed by atoms with Gasteiger partial charge in [0.15, 0.2) is 5.76 Å². The minimum Gasteiger partial charge on any atom is -0.451 e. The third kappa shape index (κ3) is 2.50. The molecule has 1 aromatic heterocycles. The number of nitrogen functional groups attached to an aromatic ring is 1. The number of hydrogen-bond donors (Lipinski definition) is 3. The number of thioether (sulfide) groups is 1. The van der Waals surface area contributed by atoms with E-state index in [-0.39, 0.29) is 12.4 Å². The second kappa shape index (κ2) is 5.90. The van der Waals surface area contributed by atoms with Crippen molar-refractivity contribution in [1.29, 1.82) is 0 Å². The maximum Gasteiger partial charge on any atom is 0.301 e. The topological polar surface area (TPSA) is 88.5 Å². The quantitative estimate of drug-likeness (QED) is 0.328. The Morgan fingerprint density at radius 1 is 1.44 bits per heavy atom. The summed E-state index contributed by atoms with van der Waals surface area (Å²) in [6.45, 7) is 0.110. The molecule has 0 aliphatic rings. The minimum absolute atomic E-state index is 0.110. The number of rotatable bonds is 5. The van der Waals surface area contributed by atoms with Crippen LogP contribution >= 0.6 is 11.8 Å². The number of aliphatic hydroxyl groups is 1. The number of nitrogens with one attached hydrogen (secondary N) is 1. The zero-order valence-corrected chi connectivity index (χ0v) is 10.5. The SMILES string of the molecule is NNC(=O)c1oc2ccccc2c1CSCCO. The van der Waals surface area contributed by atoms with Crippen molar-refractivity contribution in [1.82, 2.24) is 5.43 Å². The molecule has 0 unspecified atom stereocenters. The Balaban J connectivity index is 2.41. The summed E-state index contributed by atoms with van der Waals surface area (Å²) in [5.74, 6) is 6.16. The van der Waals surface area contributed by atoms with E-state index in [4.69, 9.17) is 15.4 Å². The lowest BCUT2D eigenvalue weighted by atomic mass is 10.1. The minimum atomic E-state index is -0.439. The van der Waals surface area contributed by atoms with E-state index in [0.717, 1.165) is 10.9 Å². The van der Waals surface area contributed by atoms with Gasteiger partial charge in [-0.05, 0) is 6.07 Å². The molecule has 18 heavy (non-hydrogen) atoms. The fourth-order valence-electron chi connectivity index (χ4n) is 1.73. The summed E-state index contributed by atoms with van der Waals surface area (Å²) in [6, 6.07) is 7.45. The lowest BCUT2D eigenvalue weighted by Crippen LogP contribution is -2.30. The van der Waals surface area contributed by atoms with E-state index in [0.29, 0.717) is 17.1 Å². The molecule has 4 N–H and O–H groups in total. The van der Waals surface area contributed by atoms with Crippen molar-refractivity contribution in [2.24, 2.45) is 5.84 Å².